The third kappa shape index (κ3) is 4.81. The standard InChI is InChI=1S/C31H45N3O6/c1-6-17-33(23-15-13-22(14-16-23)32(7-2)8-3)28(37)26-31-20-21(4)30(5,40-31)25(29(38)39)24(31)27(36)34(26)18-11-9-10-12-19-35/h6,13-16,21,24-26,35H,1,7-12,17-20H2,2-5H3,(H,38,39)/t21?,24-,25+,26?,30-,31?/m0/s1. The average Bonchev–Trinajstić information content (AvgIpc) is 3.44. The Morgan fingerprint density at radius 3 is 2.33 bits per heavy atom. The molecule has 3 fully saturated rings. The molecule has 3 saturated heterocycles. The Kier molecular flexibility index (Phi) is 8.95. The van der Waals surface area contributed by atoms with Crippen molar-refractivity contribution >= 4 is 29.2 Å². The summed E-state index contributed by atoms with van der Waals surface area (Å²) >= 11 is 0. The Hall–Kier alpha value is -2.91. The van der Waals surface area contributed by atoms with E-state index in [-0.39, 0.29) is 30.9 Å². The lowest BCUT2D eigenvalue weighted by Gasteiger charge is -2.37. The van der Waals surface area contributed by atoms with Crippen molar-refractivity contribution in [1.82, 2.24) is 4.90 Å². The number of fused-ring (bicyclic) bond motifs is 1. The third-order valence-corrected chi connectivity index (χ3v) is 9.49. The number of ether oxygens (including phenoxy) is 1. The second kappa shape index (κ2) is 11.9. The van der Waals surface area contributed by atoms with Gasteiger partial charge in [0, 0.05) is 44.2 Å². The Balaban J connectivity index is 1.73. The van der Waals surface area contributed by atoms with Crippen LogP contribution in [0.3, 0.4) is 0 Å². The Morgan fingerprint density at radius 2 is 1.75 bits per heavy atom. The SMILES string of the molecule is C=CCN(C(=O)C1N(CCCCCCO)C(=O)[C@@H]2[C@H](C(=O)O)[C@@]3(C)OC12CC3C)c1ccc(N(CC)CC)cc1. The van der Waals surface area contributed by atoms with E-state index in [0.29, 0.717) is 31.5 Å². The quantitative estimate of drug-likeness (QED) is 0.266. The highest BCUT2D eigenvalue weighted by atomic mass is 16.5. The zero-order valence-corrected chi connectivity index (χ0v) is 24.3. The number of carbonyl (C=O) groups excluding carboxylic acids is 2. The van der Waals surface area contributed by atoms with Crippen molar-refractivity contribution in [2.24, 2.45) is 17.8 Å². The van der Waals surface area contributed by atoms with Crippen LogP contribution in [0, 0.1) is 17.8 Å². The minimum absolute atomic E-state index is 0.114. The molecule has 0 aromatic heterocycles. The van der Waals surface area contributed by atoms with E-state index in [1.165, 1.54) is 0 Å². The predicted octanol–water partition coefficient (Wildman–Crippen LogP) is 3.70. The first kappa shape index (κ1) is 30.1. The fourth-order valence-corrected chi connectivity index (χ4v) is 7.41. The number of rotatable bonds is 14. The maximum atomic E-state index is 14.6. The molecule has 1 aromatic carbocycles. The molecule has 2 N–H and O–H groups in total. The molecule has 4 rings (SSSR count). The summed E-state index contributed by atoms with van der Waals surface area (Å²) in [5.41, 5.74) is -0.468. The number of unbranched alkanes of at least 4 members (excludes halogenated alkanes) is 3. The van der Waals surface area contributed by atoms with E-state index in [1.807, 2.05) is 31.2 Å². The van der Waals surface area contributed by atoms with Crippen LogP contribution in [0.5, 0.6) is 0 Å². The van der Waals surface area contributed by atoms with Crippen LogP contribution in [-0.4, -0.2) is 82.9 Å². The van der Waals surface area contributed by atoms with Gasteiger partial charge >= 0.3 is 5.97 Å². The second-order valence-electron chi connectivity index (χ2n) is 11.6. The van der Waals surface area contributed by atoms with Gasteiger partial charge in [-0.2, -0.15) is 0 Å². The van der Waals surface area contributed by atoms with E-state index in [0.717, 1.165) is 31.6 Å². The molecule has 0 saturated carbocycles. The Morgan fingerprint density at radius 1 is 1.12 bits per heavy atom. The van der Waals surface area contributed by atoms with Gasteiger partial charge in [-0.05, 0) is 70.2 Å². The molecule has 3 heterocycles. The fraction of sp³-hybridized carbons (Fsp3) is 0.645. The second-order valence-corrected chi connectivity index (χ2v) is 11.6. The number of nitrogens with zero attached hydrogens (tertiary/aromatic N) is 3. The lowest BCUT2D eigenvalue weighted by Crippen LogP contribution is -2.57. The van der Waals surface area contributed by atoms with Crippen molar-refractivity contribution in [3.63, 3.8) is 0 Å². The first-order valence-corrected chi connectivity index (χ1v) is 14.7. The maximum absolute atomic E-state index is 14.6. The third-order valence-electron chi connectivity index (χ3n) is 9.49. The fourth-order valence-electron chi connectivity index (χ4n) is 7.41. The Labute approximate surface area is 237 Å². The molecule has 3 aliphatic heterocycles. The van der Waals surface area contributed by atoms with E-state index in [2.05, 4.69) is 25.3 Å². The van der Waals surface area contributed by atoms with Gasteiger partial charge in [-0.25, -0.2) is 0 Å². The minimum atomic E-state index is -1.20. The number of hydrogen-bond donors (Lipinski definition) is 2. The minimum Gasteiger partial charge on any atom is -0.481 e. The number of aliphatic carboxylic acids is 1. The van der Waals surface area contributed by atoms with Crippen molar-refractivity contribution in [3.8, 4) is 0 Å². The number of benzene rings is 1. The summed E-state index contributed by atoms with van der Waals surface area (Å²) in [6, 6.07) is 6.88. The molecule has 6 atom stereocenters. The van der Waals surface area contributed by atoms with Crippen LogP contribution in [0.25, 0.3) is 0 Å². The number of aliphatic hydroxyl groups excluding tert-OH is 1. The molecule has 2 bridgehead atoms. The van der Waals surface area contributed by atoms with Gasteiger partial charge in [0.05, 0.1) is 11.5 Å². The molecule has 9 nitrogen and oxygen atoms in total. The largest absolute Gasteiger partial charge is 0.481 e. The van der Waals surface area contributed by atoms with Crippen LogP contribution < -0.4 is 9.80 Å². The summed E-state index contributed by atoms with van der Waals surface area (Å²) in [6.45, 7) is 14.2. The summed E-state index contributed by atoms with van der Waals surface area (Å²) in [4.78, 5) is 46.6. The molecule has 3 unspecified atom stereocenters. The lowest BCUT2D eigenvalue weighted by molar-refractivity contribution is -0.156. The topological polar surface area (TPSA) is 111 Å². The van der Waals surface area contributed by atoms with Crippen molar-refractivity contribution < 1.29 is 29.3 Å². The smallest absolute Gasteiger partial charge is 0.310 e. The van der Waals surface area contributed by atoms with E-state index < -0.39 is 35.0 Å². The average molecular weight is 556 g/mol. The Bertz CT molecular complexity index is 1100. The van der Waals surface area contributed by atoms with Crippen LogP contribution in [-0.2, 0) is 19.1 Å². The van der Waals surface area contributed by atoms with Crippen LogP contribution in [0.1, 0.15) is 59.8 Å². The van der Waals surface area contributed by atoms with E-state index >= 15 is 0 Å². The van der Waals surface area contributed by atoms with E-state index in [4.69, 9.17) is 9.84 Å². The molecular weight excluding hydrogens is 510 g/mol. The van der Waals surface area contributed by atoms with Gasteiger partial charge in [-0.15, -0.1) is 6.58 Å². The van der Waals surface area contributed by atoms with Gasteiger partial charge in [0.1, 0.15) is 17.6 Å². The number of anilines is 2. The van der Waals surface area contributed by atoms with Gasteiger partial charge in [0.2, 0.25) is 5.91 Å². The van der Waals surface area contributed by atoms with Crippen LogP contribution in [0.2, 0.25) is 0 Å². The highest BCUT2D eigenvalue weighted by Gasteiger charge is 2.80. The first-order valence-electron chi connectivity index (χ1n) is 14.7. The summed E-state index contributed by atoms with van der Waals surface area (Å²) < 4.78 is 6.62. The number of carbonyl (C=O) groups is 3. The normalized spacial score (nSPS) is 30.4. The van der Waals surface area contributed by atoms with Crippen LogP contribution in [0.4, 0.5) is 11.4 Å². The monoisotopic (exact) mass is 555 g/mol. The zero-order chi connectivity index (χ0) is 29.2. The highest BCUT2D eigenvalue weighted by molar-refractivity contribution is 6.04. The molecule has 2 amide bonds. The number of amides is 2. The summed E-state index contributed by atoms with van der Waals surface area (Å²) in [5.74, 6) is -3.69. The van der Waals surface area contributed by atoms with Crippen molar-refractivity contribution in [2.75, 3.05) is 42.6 Å². The maximum Gasteiger partial charge on any atom is 0.310 e. The van der Waals surface area contributed by atoms with Crippen molar-refractivity contribution in [1.29, 1.82) is 0 Å². The first-order chi connectivity index (χ1) is 19.1. The van der Waals surface area contributed by atoms with Gasteiger partial charge < -0.3 is 29.6 Å². The summed E-state index contributed by atoms with van der Waals surface area (Å²) in [5, 5.41) is 19.4. The van der Waals surface area contributed by atoms with Crippen LogP contribution >= 0.6 is 0 Å². The molecule has 9 heteroatoms. The highest BCUT2D eigenvalue weighted by Crippen LogP contribution is 2.65. The number of likely N-dealkylation sites (tertiary alicyclic amines) is 1. The van der Waals surface area contributed by atoms with Gasteiger partial charge in [0.15, 0.2) is 0 Å². The van der Waals surface area contributed by atoms with Gasteiger partial charge in [0.25, 0.3) is 5.91 Å². The number of aliphatic hydroxyl groups is 1. The molecule has 1 aromatic rings. The summed E-state index contributed by atoms with van der Waals surface area (Å²) in [7, 11) is 0. The van der Waals surface area contributed by atoms with Crippen molar-refractivity contribution in [3.05, 3.63) is 36.9 Å². The molecular formula is C31H45N3O6. The predicted molar refractivity (Wildman–Crippen MR) is 154 cm³/mol. The van der Waals surface area contributed by atoms with Crippen molar-refractivity contribution in [2.45, 2.75) is 77.0 Å². The van der Waals surface area contributed by atoms with E-state index in [1.54, 1.807) is 22.8 Å². The molecule has 0 aliphatic carbocycles. The molecule has 3 aliphatic rings. The summed E-state index contributed by atoms with van der Waals surface area (Å²) in [6.07, 6.45) is 5.06. The van der Waals surface area contributed by atoms with Gasteiger partial charge in [-0.3, -0.25) is 14.4 Å². The number of hydrogen-bond acceptors (Lipinski definition) is 6. The van der Waals surface area contributed by atoms with Gasteiger partial charge in [-0.1, -0.05) is 25.8 Å². The number of carboxylic acids is 1. The van der Waals surface area contributed by atoms with E-state index in [9.17, 15) is 19.5 Å². The molecule has 40 heavy (non-hydrogen) atoms. The zero-order valence-electron chi connectivity index (χ0n) is 24.3. The number of carboxylic acid groups (broad SMARTS) is 1. The molecule has 1 spiro atoms. The van der Waals surface area contributed by atoms with Crippen LogP contribution in [0.15, 0.2) is 36.9 Å². The molecule has 0 radical (unpaired) electrons. The lowest BCUT2D eigenvalue weighted by atomic mass is 9.62. The molecule has 220 valence electrons.